The largest absolute Gasteiger partial charge is 0.379 e. The molecule has 0 aromatic carbocycles. The van der Waals surface area contributed by atoms with Gasteiger partial charge in [-0.3, -0.25) is 9.63 Å². The molecule has 0 saturated carbocycles. The predicted molar refractivity (Wildman–Crippen MR) is 54.3 cm³/mol. The number of amides is 1. The Balaban J connectivity index is 1.68. The average molecular weight is 228 g/mol. The minimum absolute atomic E-state index is 0.00983. The fourth-order valence-electron chi connectivity index (χ4n) is 1.28. The van der Waals surface area contributed by atoms with Crippen LogP contribution < -0.4 is 5.48 Å². The third kappa shape index (κ3) is 3.26. The van der Waals surface area contributed by atoms with E-state index in [1.54, 1.807) is 5.51 Å². The van der Waals surface area contributed by atoms with Crippen molar-refractivity contribution in [2.24, 2.45) is 0 Å². The summed E-state index contributed by atoms with van der Waals surface area (Å²) in [5, 5.41) is 1.85. The normalized spacial score (nSPS) is 20.4. The molecule has 1 aliphatic rings. The highest BCUT2D eigenvalue weighted by Crippen LogP contribution is 2.06. The number of hydroxylamine groups is 1. The van der Waals surface area contributed by atoms with E-state index in [1.165, 1.54) is 11.3 Å². The van der Waals surface area contributed by atoms with Gasteiger partial charge in [0.1, 0.15) is 6.10 Å². The molecular weight excluding hydrogens is 216 g/mol. The molecule has 1 aliphatic heterocycles. The number of carbonyl (C=O) groups is 1. The molecule has 1 aromatic rings. The van der Waals surface area contributed by atoms with Crippen molar-refractivity contribution >= 4 is 17.2 Å². The van der Waals surface area contributed by atoms with Gasteiger partial charge in [-0.1, -0.05) is 0 Å². The number of hydrogen-bond donors (Lipinski definition) is 1. The summed E-state index contributed by atoms with van der Waals surface area (Å²) in [5.74, 6) is -0.173. The lowest BCUT2D eigenvalue weighted by molar-refractivity contribution is -0.137. The highest BCUT2D eigenvalue weighted by atomic mass is 32.1. The molecule has 82 valence electrons. The van der Waals surface area contributed by atoms with Gasteiger partial charge >= 0.3 is 0 Å². The number of rotatable bonds is 4. The zero-order valence-corrected chi connectivity index (χ0v) is 8.96. The van der Waals surface area contributed by atoms with Gasteiger partial charge in [0.15, 0.2) is 0 Å². The summed E-state index contributed by atoms with van der Waals surface area (Å²) in [5.41, 5.74) is 4.88. The van der Waals surface area contributed by atoms with E-state index in [1.807, 2.05) is 5.38 Å². The lowest BCUT2D eigenvalue weighted by atomic mass is 10.3. The number of thiazole rings is 1. The molecule has 5 nitrogen and oxygen atoms in total. The van der Waals surface area contributed by atoms with E-state index in [-0.39, 0.29) is 18.4 Å². The molecule has 0 aliphatic carbocycles. The Kier molecular flexibility index (Phi) is 3.65. The van der Waals surface area contributed by atoms with Crippen LogP contribution in [0, 0.1) is 0 Å². The third-order valence-electron chi connectivity index (χ3n) is 2.05. The quantitative estimate of drug-likeness (QED) is 0.763. The monoisotopic (exact) mass is 228 g/mol. The standard InChI is InChI=1S/C9H12N2O3S/c12-9(3-7-5-15-6-10-7)11-14-8-1-2-13-4-8/h5-6,8H,1-4H2,(H,11,12). The number of nitrogens with zero attached hydrogens (tertiary/aromatic N) is 1. The summed E-state index contributed by atoms with van der Waals surface area (Å²) < 4.78 is 5.11. The molecule has 1 fully saturated rings. The van der Waals surface area contributed by atoms with Crippen molar-refractivity contribution in [3.8, 4) is 0 Å². The number of nitrogens with one attached hydrogen (secondary N) is 1. The first-order valence-electron chi connectivity index (χ1n) is 4.74. The molecule has 6 heteroatoms. The molecule has 1 amide bonds. The van der Waals surface area contributed by atoms with Crippen molar-refractivity contribution in [2.45, 2.75) is 18.9 Å². The van der Waals surface area contributed by atoms with Crippen LogP contribution in [0.2, 0.25) is 0 Å². The maximum absolute atomic E-state index is 11.4. The second-order valence-corrected chi connectivity index (χ2v) is 4.00. The highest BCUT2D eigenvalue weighted by Gasteiger charge is 2.17. The molecule has 1 aromatic heterocycles. The van der Waals surface area contributed by atoms with Crippen molar-refractivity contribution in [3.63, 3.8) is 0 Å². The molecule has 1 N–H and O–H groups in total. The average Bonchev–Trinajstić information content (AvgIpc) is 2.86. The second-order valence-electron chi connectivity index (χ2n) is 3.29. The molecule has 1 unspecified atom stereocenters. The van der Waals surface area contributed by atoms with E-state index in [9.17, 15) is 4.79 Å². The lowest BCUT2D eigenvalue weighted by Gasteiger charge is -2.09. The molecule has 1 saturated heterocycles. The van der Waals surface area contributed by atoms with E-state index in [2.05, 4.69) is 10.5 Å². The Labute approximate surface area is 91.4 Å². The first-order chi connectivity index (χ1) is 7.34. The van der Waals surface area contributed by atoms with Gasteiger partial charge in [0.05, 0.1) is 24.2 Å². The van der Waals surface area contributed by atoms with Gasteiger partial charge in [0.25, 0.3) is 0 Å². The van der Waals surface area contributed by atoms with Crippen molar-refractivity contribution in [1.29, 1.82) is 0 Å². The van der Waals surface area contributed by atoms with Crippen molar-refractivity contribution in [2.75, 3.05) is 13.2 Å². The number of carbonyl (C=O) groups excluding carboxylic acids is 1. The Morgan fingerprint density at radius 2 is 2.73 bits per heavy atom. The summed E-state index contributed by atoms with van der Waals surface area (Å²) in [4.78, 5) is 20.5. The molecule has 1 atom stereocenters. The number of ether oxygens (including phenoxy) is 1. The Bertz CT molecular complexity index is 309. The van der Waals surface area contributed by atoms with E-state index < -0.39 is 0 Å². The fourth-order valence-corrected chi connectivity index (χ4v) is 1.84. The topological polar surface area (TPSA) is 60.5 Å². The zero-order chi connectivity index (χ0) is 10.5. The van der Waals surface area contributed by atoms with E-state index in [0.29, 0.717) is 13.2 Å². The molecule has 0 spiro atoms. The first-order valence-corrected chi connectivity index (χ1v) is 5.68. The van der Waals surface area contributed by atoms with Gasteiger partial charge in [-0.25, -0.2) is 10.5 Å². The molecule has 2 heterocycles. The number of hydrogen-bond acceptors (Lipinski definition) is 5. The minimum atomic E-state index is -0.173. The van der Waals surface area contributed by atoms with Crippen LogP contribution in [0.1, 0.15) is 12.1 Å². The SMILES string of the molecule is O=C(Cc1cscn1)NOC1CCOC1. The summed E-state index contributed by atoms with van der Waals surface area (Å²) in [6.07, 6.45) is 1.08. The summed E-state index contributed by atoms with van der Waals surface area (Å²) in [6.45, 7) is 1.25. The summed E-state index contributed by atoms with van der Waals surface area (Å²) in [7, 11) is 0. The Morgan fingerprint density at radius 1 is 1.80 bits per heavy atom. The number of aromatic nitrogens is 1. The van der Waals surface area contributed by atoms with Crippen LogP contribution in [-0.2, 0) is 20.8 Å². The maximum atomic E-state index is 11.4. The summed E-state index contributed by atoms with van der Waals surface area (Å²) >= 11 is 1.47. The van der Waals surface area contributed by atoms with Crippen molar-refractivity contribution in [3.05, 3.63) is 16.6 Å². The van der Waals surface area contributed by atoms with Crippen LogP contribution in [0.4, 0.5) is 0 Å². The van der Waals surface area contributed by atoms with Crippen molar-refractivity contribution in [1.82, 2.24) is 10.5 Å². The van der Waals surface area contributed by atoms with Gasteiger partial charge in [0, 0.05) is 18.4 Å². The fraction of sp³-hybridized carbons (Fsp3) is 0.556. The molecule has 0 bridgehead atoms. The van der Waals surface area contributed by atoms with Gasteiger partial charge in [-0.2, -0.15) is 0 Å². The van der Waals surface area contributed by atoms with Crippen molar-refractivity contribution < 1.29 is 14.4 Å². The van der Waals surface area contributed by atoms with Gasteiger partial charge in [-0.05, 0) is 0 Å². The maximum Gasteiger partial charge on any atom is 0.249 e. The molecule has 15 heavy (non-hydrogen) atoms. The van der Waals surface area contributed by atoms with Crippen LogP contribution in [0.5, 0.6) is 0 Å². The first kappa shape index (κ1) is 10.5. The van der Waals surface area contributed by atoms with Crippen LogP contribution >= 0.6 is 11.3 Å². The van der Waals surface area contributed by atoms with Crippen LogP contribution in [0.25, 0.3) is 0 Å². The van der Waals surface area contributed by atoms with E-state index in [4.69, 9.17) is 9.57 Å². The minimum Gasteiger partial charge on any atom is -0.379 e. The highest BCUT2D eigenvalue weighted by molar-refractivity contribution is 7.07. The van der Waals surface area contributed by atoms with Gasteiger partial charge < -0.3 is 4.74 Å². The predicted octanol–water partition coefficient (Wildman–Crippen LogP) is 0.522. The zero-order valence-electron chi connectivity index (χ0n) is 8.14. The molecular formula is C9H12N2O3S. The Hall–Kier alpha value is -0.980. The van der Waals surface area contributed by atoms with Crippen LogP contribution in [0.3, 0.4) is 0 Å². The lowest BCUT2D eigenvalue weighted by Crippen LogP contribution is -2.31. The Morgan fingerprint density at radius 3 is 3.40 bits per heavy atom. The second kappa shape index (κ2) is 5.20. The van der Waals surface area contributed by atoms with Crippen LogP contribution in [-0.4, -0.2) is 30.2 Å². The van der Waals surface area contributed by atoms with Gasteiger partial charge in [0.2, 0.25) is 5.91 Å². The third-order valence-corrected chi connectivity index (χ3v) is 2.69. The molecule has 2 rings (SSSR count). The van der Waals surface area contributed by atoms with Crippen LogP contribution in [0.15, 0.2) is 10.9 Å². The van der Waals surface area contributed by atoms with Gasteiger partial charge in [-0.15, -0.1) is 11.3 Å². The smallest absolute Gasteiger partial charge is 0.249 e. The van der Waals surface area contributed by atoms with E-state index >= 15 is 0 Å². The summed E-state index contributed by atoms with van der Waals surface area (Å²) in [6, 6.07) is 0. The van der Waals surface area contributed by atoms with E-state index in [0.717, 1.165) is 12.1 Å². The molecule has 0 radical (unpaired) electrons.